The van der Waals surface area contributed by atoms with Crippen molar-refractivity contribution in [3.63, 3.8) is 0 Å². The molecule has 2 rings (SSSR count). The zero-order valence-corrected chi connectivity index (χ0v) is 11.1. The number of rotatable bonds is 2. The van der Waals surface area contributed by atoms with Crippen LogP contribution in [-0.2, 0) is 6.42 Å². The van der Waals surface area contributed by atoms with Crippen LogP contribution in [0.1, 0.15) is 44.3 Å². The van der Waals surface area contributed by atoms with Crippen LogP contribution in [0.5, 0.6) is 0 Å². The van der Waals surface area contributed by atoms with Crippen molar-refractivity contribution in [1.82, 2.24) is 9.78 Å². The standard InChI is InChI=1S/C11H17IN2O/c1-2-11-10(12)7-14(13-11)8-3-5-9(15)6-4-8/h7-9,15H,2-6H2,1H3. The molecule has 1 aliphatic carbocycles. The normalized spacial score (nSPS) is 26.9. The van der Waals surface area contributed by atoms with Crippen LogP contribution in [0.25, 0.3) is 0 Å². The van der Waals surface area contributed by atoms with Gasteiger partial charge in [0.05, 0.1) is 21.4 Å². The van der Waals surface area contributed by atoms with E-state index in [1.165, 1.54) is 9.26 Å². The summed E-state index contributed by atoms with van der Waals surface area (Å²) in [6.45, 7) is 2.14. The van der Waals surface area contributed by atoms with Crippen LogP contribution in [0.3, 0.4) is 0 Å². The maximum atomic E-state index is 9.45. The molecule has 15 heavy (non-hydrogen) atoms. The van der Waals surface area contributed by atoms with E-state index >= 15 is 0 Å². The molecule has 1 fully saturated rings. The molecule has 3 nitrogen and oxygen atoms in total. The van der Waals surface area contributed by atoms with E-state index < -0.39 is 0 Å². The summed E-state index contributed by atoms with van der Waals surface area (Å²) in [6.07, 6.45) is 7.01. The average molecular weight is 320 g/mol. The van der Waals surface area contributed by atoms with Crippen LogP contribution >= 0.6 is 22.6 Å². The third kappa shape index (κ3) is 2.53. The smallest absolute Gasteiger partial charge is 0.0755 e. The Bertz CT molecular complexity index is 329. The molecule has 84 valence electrons. The molecule has 0 bridgehead atoms. The first-order chi connectivity index (χ1) is 7.20. The molecule has 1 aliphatic rings. The highest BCUT2D eigenvalue weighted by Gasteiger charge is 2.21. The summed E-state index contributed by atoms with van der Waals surface area (Å²) in [6, 6.07) is 0.502. The average Bonchev–Trinajstić information content (AvgIpc) is 2.61. The van der Waals surface area contributed by atoms with Gasteiger partial charge in [-0.25, -0.2) is 0 Å². The first-order valence-electron chi connectivity index (χ1n) is 5.62. The Hall–Kier alpha value is -0.100. The number of hydrogen-bond acceptors (Lipinski definition) is 2. The largest absolute Gasteiger partial charge is 0.393 e. The van der Waals surface area contributed by atoms with E-state index in [1.54, 1.807) is 0 Å². The molecular formula is C11H17IN2O. The summed E-state index contributed by atoms with van der Waals surface area (Å²) >= 11 is 2.35. The quantitative estimate of drug-likeness (QED) is 0.851. The fourth-order valence-electron chi connectivity index (χ4n) is 2.16. The fourth-order valence-corrected chi connectivity index (χ4v) is 2.93. The Morgan fingerprint density at radius 1 is 1.47 bits per heavy atom. The summed E-state index contributed by atoms with van der Waals surface area (Å²) in [4.78, 5) is 0. The van der Waals surface area contributed by atoms with E-state index in [2.05, 4.69) is 45.5 Å². The van der Waals surface area contributed by atoms with Crippen molar-refractivity contribution in [3.05, 3.63) is 15.5 Å². The molecule has 0 aliphatic heterocycles. The van der Waals surface area contributed by atoms with E-state index in [1.807, 2.05) is 0 Å². The highest BCUT2D eigenvalue weighted by molar-refractivity contribution is 14.1. The van der Waals surface area contributed by atoms with E-state index in [9.17, 15) is 5.11 Å². The number of aryl methyl sites for hydroxylation is 1. The van der Waals surface area contributed by atoms with Gasteiger partial charge in [0.2, 0.25) is 0 Å². The number of nitrogens with zero attached hydrogens (tertiary/aromatic N) is 2. The van der Waals surface area contributed by atoms with Gasteiger partial charge in [-0.15, -0.1) is 0 Å². The van der Waals surface area contributed by atoms with Crippen LogP contribution < -0.4 is 0 Å². The number of aromatic nitrogens is 2. The highest BCUT2D eigenvalue weighted by atomic mass is 127. The predicted molar refractivity (Wildman–Crippen MR) is 67.8 cm³/mol. The van der Waals surface area contributed by atoms with Gasteiger partial charge in [0, 0.05) is 6.20 Å². The fraction of sp³-hybridized carbons (Fsp3) is 0.727. The molecule has 0 spiro atoms. The highest BCUT2D eigenvalue weighted by Crippen LogP contribution is 2.28. The predicted octanol–water partition coefficient (Wildman–Crippen LogP) is 2.53. The number of aliphatic hydroxyl groups excluding tert-OH is 1. The minimum absolute atomic E-state index is 0.0819. The molecule has 4 heteroatoms. The van der Waals surface area contributed by atoms with E-state index in [4.69, 9.17) is 0 Å². The molecule has 1 N–H and O–H groups in total. The topological polar surface area (TPSA) is 38.0 Å². The SMILES string of the molecule is CCc1nn(C2CCC(O)CC2)cc1I. The van der Waals surface area contributed by atoms with Crippen molar-refractivity contribution in [2.24, 2.45) is 0 Å². The Balaban J connectivity index is 2.09. The summed E-state index contributed by atoms with van der Waals surface area (Å²) in [5.41, 5.74) is 1.20. The van der Waals surface area contributed by atoms with Crippen molar-refractivity contribution < 1.29 is 5.11 Å². The van der Waals surface area contributed by atoms with Crippen LogP contribution in [0, 0.1) is 3.57 Å². The lowest BCUT2D eigenvalue weighted by Gasteiger charge is -2.25. The van der Waals surface area contributed by atoms with Crippen LogP contribution in [0.4, 0.5) is 0 Å². The zero-order valence-electron chi connectivity index (χ0n) is 8.99. The maximum absolute atomic E-state index is 9.45. The molecular weight excluding hydrogens is 303 g/mol. The van der Waals surface area contributed by atoms with E-state index in [0.717, 1.165) is 32.1 Å². The summed E-state index contributed by atoms with van der Waals surface area (Å²) in [5.74, 6) is 0. The van der Waals surface area contributed by atoms with Gasteiger partial charge < -0.3 is 5.11 Å². The van der Waals surface area contributed by atoms with Crippen molar-refractivity contribution in [3.8, 4) is 0 Å². The maximum Gasteiger partial charge on any atom is 0.0755 e. The summed E-state index contributed by atoms with van der Waals surface area (Å²) in [7, 11) is 0. The lowest BCUT2D eigenvalue weighted by atomic mass is 9.93. The molecule has 0 amide bonds. The molecule has 0 atom stereocenters. The van der Waals surface area contributed by atoms with Crippen molar-refractivity contribution in [1.29, 1.82) is 0 Å². The Morgan fingerprint density at radius 3 is 2.67 bits per heavy atom. The summed E-state index contributed by atoms with van der Waals surface area (Å²) < 4.78 is 3.37. The Labute approximate surface area is 104 Å². The molecule has 0 saturated heterocycles. The Kier molecular flexibility index (Phi) is 3.66. The van der Waals surface area contributed by atoms with Crippen LogP contribution in [-0.4, -0.2) is 21.0 Å². The van der Waals surface area contributed by atoms with E-state index in [-0.39, 0.29) is 6.10 Å². The van der Waals surface area contributed by atoms with Crippen LogP contribution in [0.2, 0.25) is 0 Å². The van der Waals surface area contributed by atoms with Gasteiger partial charge in [0.15, 0.2) is 0 Å². The van der Waals surface area contributed by atoms with Gasteiger partial charge in [-0.2, -0.15) is 5.10 Å². The molecule has 1 heterocycles. The number of hydrogen-bond donors (Lipinski definition) is 1. The lowest BCUT2D eigenvalue weighted by molar-refractivity contribution is 0.108. The molecule has 1 aromatic rings. The monoisotopic (exact) mass is 320 g/mol. The molecule has 1 saturated carbocycles. The second-order valence-electron chi connectivity index (χ2n) is 4.22. The van der Waals surface area contributed by atoms with Crippen molar-refractivity contribution in [2.75, 3.05) is 0 Å². The van der Waals surface area contributed by atoms with Gasteiger partial charge in [0.1, 0.15) is 0 Å². The Morgan fingerprint density at radius 2 is 2.13 bits per heavy atom. The van der Waals surface area contributed by atoms with Gasteiger partial charge in [-0.3, -0.25) is 4.68 Å². The second kappa shape index (κ2) is 4.82. The molecule has 0 radical (unpaired) electrons. The van der Waals surface area contributed by atoms with Gasteiger partial charge in [-0.05, 0) is 54.7 Å². The minimum atomic E-state index is -0.0819. The molecule has 1 aromatic heterocycles. The summed E-state index contributed by atoms with van der Waals surface area (Å²) in [5, 5.41) is 14.1. The lowest BCUT2D eigenvalue weighted by Crippen LogP contribution is -2.21. The van der Waals surface area contributed by atoms with Crippen molar-refractivity contribution in [2.45, 2.75) is 51.2 Å². The third-order valence-electron chi connectivity index (χ3n) is 3.13. The van der Waals surface area contributed by atoms with Gasteiger partial charge in [0.25, 0.3) is 0 Å². The third-order valence-corrected chi connectivity index (χ3v) is 4.03. The number of aliphatic hydroxyl groups is 1. The first-order valence-corrected chi connectivity index (χ1v) is 6.70. The second-order valence-corrected chi connectivity index (χ2v) is 5.38. The molecule has 0 aromatic carbocycles. The number of halogens is 1. The first kappa shape index (κ1) is 11.4. The minimum Gasteiger partial charge on any atom is -0.393 e. The van der Waals surface area contributed by atoms with E-state index in [0.29, 0.717) is 6.04 Å². The van der Waals surface area contributed by atoms with Gasteiger partial charge in [-0.1, -0.05) is 6.92 Å². The van der Waals surface area contributed by atoms with Crippen molar-refractivity contribution >= 4 is 22.6 Å². The molecule has 0 unspecified atom stereocenters. The van der Waals surface area contributed by atoms with Gasteiger partial charge >= 0.3 is 0 Å². The van der Waals surface area contributed by atoms with Crippen LogP contribution in [0.15, 0.2) is 6.20 Å². The zero-order chi connectivity index (χ0) is 10.8.